The Balaban J connectivity index is 2.00. The Hall–Kier alpha value is -2.33. The van der Waals surface area contributed by atoms with Crippen LogP contribution in [0.25, 0.3) is 6.08 Å². The third-order valence-electron chi connectivity index (χ3n) is 6.42. The Bertz CT molecular complexity index is 869. The maximum atomic E-state index is 11.1. The Morgan fingerprint density at radius 1 is 1.07 bits per heavy atom. The van der Waals surface area contributed by atoms with Gasteiger partial charge in [-0.2, -0.15) is 0 Å². The summed E-state index contributed by atoms with van der Waals surface area (Å²) in [7, 11) is 3.52. The van der Waals surface area contributed by atoms with Crippen LogP contribution in [0.15, 0.2) is 53.3 Å². The van der Waals surface area contributed by atoms with E-state index < -0.39 is 5.97 Å². The van der Waals surface area contributed by atoms with Gasteiger partial charge in [0.25, 0.3) is 0 Å². The van der Waals surface area contributed by atoms with E-state index in [1.54, 1.807) is 26.4 Å². The first-order valence-corrected chi connectivity index (χ1v) is 10.2. The van der Waals surface area contributed by atoms with Crippen LogP contribution in [-0.2, 0) is 9.47 Å². The lowest BCUT2D eigenvalue weighted by Crippen LogP contribution is -2.42. The maximum Gasteiger partial charge on any atom is 0.335 e. The van der Waals surface area contributed by atoms with Crippen LogP contribution in [0.4, 0.5) is 0 Å². The number of methoxy groups -OCH3 is 2. The molecule has 0 aromatic heterocycles. The molecule has 156 valence electrons. The number of aromatic carboxylic acids is 1. The van der Waals surface area contributed by atoms with Crippen molar-refractivity contribution in [1.29, 1.82) is 0 Å². The van der Waals surface area contributed by atoms with E-state index in [1.807, 2.05) is 18.2 Å². The van der Waals surface area contributed by atoms with Crippen LogP contribution in [-0.4, -0.2) is 31.4 Å². The second-order valence-electron chi connectivity index (χ2n) is 9.31. The van der Waals surface area contributed by atoms with E-state index in [4.69, 9.17) is 14.6 Å². The van der Waals surface area contributed by atoms with Gasteiger partial charge in [0.15, 0.2) is 0 Å². The number of hydrogen-bond donors (Lipinski definition) is 1. The summed E-state index contributed by atoms with van der Waals surface area (Å²) < 4.78 is 11.9. The molecule has 0 saturated heterocycles. The van der Waals surface area contributed by atoms with Crippen molar-refractivity contribution in [3.05, 3.63) is 64.4 Å². The summed E-state index contributed by atoms with van der Waals surface area (Å²) in [5.74, 6) is 0.0736. The van der Waals surface area contributed by atoms with Gasteiger partial charge in [-0.25, -0.2) is 4.79 Å². The fourth-order valence-electron chi connectivity index (χ4n) is 4.68. The standard InChI is InChI=1S/C25H32O4/c1-24(2)13-14-25(3,4)21-20(24)19(28-5)15-18(22(21)29-6)12-9-16-7-10-17(11-8-16)23(26)27/h7-12,15,18,22H,13-14H2,1-6H3,(H,26,27). The van der Waals surface area contributed by atoms with Crippen molar-refractivity contribution in [3.8, 4) is 0 Å². The molecule has 2 aliphatic rings. The summed E-state index contributed by atoms with van der Waals surface area (Å²) >= 11 is 0. The van der Waals surface area contributed by atoms with Crippen molar-refractivity contribution >= 4 is 12.0 Å². The monoisotopic (exact) mass is 396 g/mol. The predicted octanol–water partition coefficient (Wildman–Crippen LogP) is 5.72. The van der Waals surface area contributed by atoms with Gasteiger partial charge in [-0.1, -0.05) is 52.0 Å². The van der Waals surface area contributed by atoms with Gasteiger partial charge in [0.2, 0.25) is 0 Å². The highest BCUT2D eigenvalue weighted by atomic mass is 16.5. The highest BCUT2D eigenvalue weighted by Gasteiger charge is 2.47. The smallest absolute Gasteiger partial charge is 0.335 e. The van der Waals surface area contributed by atoms with E-state index in [9.17, 15) is 4.79 Å². The van der Waals surface area contributed by atoms with Gasteiger partial charge < -0.3 is 14.6 Å². The average Bonchev–Trinajstić information content (AvgIpc) is 2.69. The van der Waals surface area contributed by atoms with E-state index in [-0.39, 0.29) is 28.4 Å². The van der Waals surface area contributed by atoms with E-state index in [0.29, 0.717) is 0 Å². The molecule has 3 rings (SSSR count). The molecular weight excluding hydrogens is 364 g/mol. The highest BCUT2D eigenvalue weighted by molar-refractivity contribution is 5.87. The molecule has 0 heterocycles. The minimum atomic E-state index is -0.915. The lowest BCUT2D eigenvalue weighted by molar-refractivity contribution is 0.0696. The largest absolute Gasteiger partial charge is 0.497 e. The van der Waals surface area contributed by atoms with Gasteiger partial charge in [-0.05, 0) is 53.0 Å². The summed E-state index contributed by atoms with van der Waals surface area (Å²) in [4.78, 5) is 11.1. The summed E-state index contributed by atoms with van der Waals surface area (Å²) in [5, 5.41) is 9.07. The van der Waals surface area contributed by atoms with Gasteiger partial charge in [0.05, 0.1) is 18.8 Å². The van der Waals surface area contributed by atoms with Crippen molar-refractivity contribution in [2.24, 2.45) is 16.7 Å². The zero-order chi connectivity index (χ0) is 21.4. The van der Waals surface area contributed by atoms with Crippen molar-refractivity contribution in [2.75, 3.05) is 14.2 Å². The number of carboxylic acid groups (broad SMARTS) is 1. The molecular formula is C25H32O4. The number of ether oxygens (including phenoxy) is 2. The van der Waals surface area contributed by atoms with Crippen LogP contribution in [0, 0.1) is 16.7 Å². The lowest BCUT2D eigenvalue weighted by atomic mass is 9.58. The SMILES string of the molecule is COC1=CC(C=Cc2ccc(C(=O)O)cc2)C(OC)C2=C1C(C)(C)CCC2(C)C. The second kappa shape index (κ2) is 7.83. The van der Waals surface area contributed by atoms with Gasteiger partial charge in [-0.15, -0.1) is 0 Å². The summed E-state index contributed by atoms with van der Waals surface area (Å²) in [6.45, 7) is 9.18. The molecule has 4 nitrogen and oxygen atoms in total. The van der Waals surface area contributed by atoms with E-state index in [0.717, 1.165) is 24.2 Å². The zero-order valence-corrected chi connectivity index (χ0v) is 18.3. The molecule has 1 aromatic rings. The summed E-state index contributed by atoms with van der Waals surface area (Å²) in [6, 6.07) is 6.90. The Morgan fingerprint density at radius 3 is 2.24 bits per heavy atom. The Morgan fingerprint density at radius 2 is 1.69 bits per heavy atom. The molecule has 2 atom stereocenters. The van der Waals surface area contributed by atoms with Crippen molar-refractivity contribution in [3.63, 3.8) is 0 Å². The fourth-order valence-corrected chi connectivity index (χ4v) is 4.68. The maximum absolute atomic E-state index is 11.1. The molecule has 0 bridgehead atoms. The van der Waals surface area contributed by atoms with Gasteiger partial charge >= 0.3 is 5.97 Å². The average molecular weight is 397 g/mol. The summed E-state index contributed by atoms with van der Waals surface area (Å²) in [5.41, 5.74) is 3.96. The first kappa shape index (κ1) is 21.4. The quantitative estimate of drug-likeness (QED) is 0.692. The van der Waals surface area contributed by atoms with Crippen LogP contribution in [0.1, 0.15) is 56.5 Å². The van der Waals surface area contributed by atoms with E-state index in [2.05, 4.69) is 39.8 Å². The van der Waals surface area contributed by atoms with Crippen LogP contribution in [0.5, 0.6) is 0 Å². The number of rotatable bonds is 5. The van der Waals surface area contributed by atoms with Crippen LogP contribution in [0.2, 0.25) is 0 Å². The molecule has 2 unspecified atom stereocenters. The first-order chi connectivity index (χ1) is 13.6. The van der Waals surface area contributed by atoms with Crippen molar-refractivity contribution in [2.45, 2.75) is 46.6 Å². The Labute approximate surface area is 173 Å². The highest BCUT2D eigenvalue weighted by Crippen LogP contribution is 2.55. The van der Waals surface area contributed by atoms with Crippen LogP contribution in [0.3, 0.4) is 0 Å². The molecule has 0 radical (unpaired) electrons. The molecule has 0 saturated carbocycles. The van der Waals surface area contributed by atoms with E-state index >= 15 is 0 Å². The number of carbonyl (C=O) groups is 1. The van der Waals surface area contributed by atoms with Gasteiger partial charge in [0, 0.05) is 18.6 Å². The minimum absolute atomic E-state index is 0.0405. The molecule has 1 aromatic carbocycles. The molecule has 0 fully saturated rings. The Kier molecular flexibility index (Phi) is 5.77. The van der Waals surface area contributed by atoms with E-state index in [1.165, 1.54) is 11.1 Å². The van der Waals surface area contributed by atoms with Crippen molar-refractivity contribution < 1.29 is 19.4 Å². The molecule has 0 spiro atoms. The number of allylic oxidation sites excluding steroid dienone is 1. The predicted molar refractivity (Wildman–Crippen MR) is 116 cm³/mol. The normalized spacial score (nSPS) is 25.5. The number of carboxylic acids is 1. The second-order valence-corrected chi connectivity index (χ2v) is 9.31. The molecule has 1 N–H and O–H groups in total. The van der Waals surface area contributed by atoms with Crippen LogP contribution < -0.4 is 0 Å². The minimum Gasteiger partial charge on any atom is -0.497 e. The van der Waals surface area contributed by atoms with Crippen LogP contribution >= 0.6 is 0 Å². The molecule has 0 aliphatic heterocycles. The third kappa shape index (κ3) is 4.04. The fraction of sp³-hybridized carbons (Fsp3) is 0.480. The lowest BCUT2D eigenvalue weighted by Gasteiger charge is -2.49. The summed E-state index contributed by atoms with van der Waals surface area (Å²) in [6.07, 6.45) is 8.50. The molecule has 2 aliphatic carbocycles. The molecule has 4 heteroatoms. The first-order valence-electron chi connectivity index (χ1n) is 10.2. The van der Waals surface area contributed by atoms with Gasteiger partial charge in [-0.3, -0.25) is 0 Å². The zero-order valence-electron chi connectivity index (χ0n) is 18.3. The van der Waals surface area contributed by atoms with Crippen molar-refractivity contribution in [1.82, 2.24) is 0 Å². The number of benzene rings is 1. The molecule has 0 amide bonds. The van der Waals surface area contributed by atoms with Gasteiger partial charge in [0.1, 0.15) is 5.76 Å². The molecule has 29 heavy (non-hydrogen) atoms. The topological polar surface area (TPSA) is 55.8 Å². The third-order valence-corrected chi connectivity index (χ3v) is 6.42. The number of hydrogen-bond acceptors (Lipinski definition) is 3.